The first-order valence-corrected chi connectivity index (χ1v) is 5.89. The van der Waals surface area contributed by atoms with Gasteiger partial charge in [-0.3, -0.25) is 0 Å². The average Bonchev–Trinajstić information content (AvgIpc) is 2.65. The van der Waals surface area contributed by atoms with Gasteiger partial charge in [-0.25, -0.2) is 0 Å². The lowest BCUT2D eigenvalue weighted by Gasteiger charge is -2.25. The SMILES string of the molecule is COCc1ccc(CNCC(O)C(C)(C)C)o1. The second kappa shape index (κ2) is 6.19. The molecule has 17 heavy (non-hydrogen) atoms. The van der Waals surface area contributed by atoms with E-state index in [1.165, 1.54) is 0 Å². The maximum absolute atomic E-state index is 9.84. The van der Waals surface area contributed by atoms with Gasteiger partial charge in [-0.05, 0) is 17.5 Å². The number of hydrogen-bond acceptors (Lipinski definition) is 4. The molecule has 1 aromatic heterocycles. The fourth-order valence-electron chi connectivity index (χ4n) is 1.38. The summed E-state index contributed by atoms with van der Waals surface area (Å²) in [5.74, 6) is 1.68. The second-order valence-electron chi connectivity index (χ2n) is 5.31. The third-order valence-corrected chi connectivity index (χ3v) is 2.64. The molecule has 0 aliphatic carbocycles. The van der Waals surface area contributed by atoms with Gasteiger partial charge in [0.25, 0.3) is 0 Å². The molecule has 0 saturated heterocycles. The van der Waals surface area contributed by atoms with Crippen LogP contribution in [0, 0.1) is 5.41 Å². The van der Waals surface area contributed by atoms with Crippen LogP contribution in [0.3, 0.4) is 0 Å². The fourth-order valence-corrected chi connectivity index (χ4v) is 1.38. The second-order valence-corrected chi connectivity index (χ2v) is 5.31. The maximum atomic E-state index is 9.84. The zero-order chi connectivity index (χ0) is 12.9. The molecule has 0 aromatic carbocycles. The molecule has 0 aliphatic heterocycles. The minimum absolute atomic E-state index is 0.0998. The fraction of sp³-hybridized carbons (Fsp3) is 0.692. The summed E-state index contributed by atoms with van der Waals surface area (Å²) < 4.78 is 10.5. The van der Waals surface area contributed by atoms with E-state index < -0.39 is 0 Å². The lowest BCUT2D eigenvalue weighted by atomic mass is 9.89. The van der Waals surface area contributed by atoms with Crippen molar-refractivity contribution < 1.29 is 14.3 Å². The van der Waals surface area contributed by atoms with Gasteiger partial charge in [0.05, 0.1) is 12.6 Å². The molecule has 0 saturated carbocycles. The lowest BCUT2D eigenvalue weighted by Crippen LogP contribution is -2.36. The molecule has 0 amide bonds. The highest BCUT2D eigenvalue weighted by Gasteiger charge is 2.21. The van der Waals surface area contributed by atoms with E-state index in [2.05, 4.69) is 5.32 Å². The molecule has 1 aromatic rings. The van der Waals surface area contributed by atoms with Crippen LogP contribution < -0.4 is 5.32 Å². The first-order chi connectivity index (χ1) is 7.93. The molecule has 0 aliphatic rings. The van der Waals surface area contributed by atoms with Crippen LogP contribution in [0.5, 0.6) is 0 Å². The zero-order valence-electron chi connectivity index (χ0n) is 11.1. The van der Waals surface area contributed by atoms with Gasteiger partial charge in [-0.15, -0.1) is 0 Å². The molecule has 4 nitrogen and oxygen atoms in total. The summed E-state index contributed by atoms with van der Waals surface area (Å²) in [6.45, 7) is 7.72. The molecule has 98 valence electrons. The van der Waals surface area contributed by atoms with Crippen molar-refractivity contribution in [3.05, 3.63) is 23.7 Å². The normalized spacial score (nSPS) is 13.9. The molecular formula is C13H23NO3. The smallest absolute Gasteiger partial charge is 0.129 e. The Morgan fingerprint density at radius 1 is 1.35 bits per heavy atom. The van der Waals surface area contributed by atoms with E-state index in [1.807, 2.05) is 32.9 Å². The summed E-state index contributed by atoms with van der Waals surface area (Å²) in [6.07, 6.45) is -0.365. The van der Waals surface area contributed by atoms with Crippen LogP contribution in [0.25, 0.3) is 0 Å². The molecule has 1 atom stereocenters. The number of methoxy groups -OCH3 is 1. The van der Waals surface area contributed by atoms with E-state index in [9.17, 15) is 5.11 Å². The highest BCUT2D eigenvalue weighted by molar-refractivity contribution is 5.06. The molecule has 0 bridgehead atoms. The molecule has 0 spiro atoms. The largest absolute Gasteiger partial charge is 0.462 e. The summed E-state index contributed by atoms with van der Waals surface area (Å²) in [5, 5.41) is 13.0. The third kappa shape index (κ3) is 4.89. The Morgan fingerprint density at radius 3 is 2.59 bits per heavy atom. The summed E-state index contributed by atoms with van der Waals surface area (Å²) in [6, 6.07) is 3.82. The Morgan fingerprint density at radius 2 is 2.00 bits per heavy atom. The van der Waals surface area contributed by atoms with Crippen LogP contribution >= 0.6 is 0 Å². The van der Waals surface area contributed by atoms with Crippen molar-refractivity contribution in [3.8, 4) is 0 Å². The monoisotopic (exact) mass is 241 g/mol. The standard InChI is InChI=1S/C13H23NO3/c1-13(2,3)12(15)8-14-7-10-5-6-11(17-10)9-16-4/h5-6,12,14-15H,7-9H2,1-4H3. The topological polar surface area (TPSA) is 54.6 Å². The number of aliphatic hydroxyl groups excluding tert-OH is 1. The molecule has 1 rings (SSSR count). The molecule has 2 N–H and O–H groups in total. The summed E-state index contributed by atoms with van der Waals surface area (Å²) in [4.78, 5) is 0. The molecule has 0 fully saturated rings. The van der Waals surface area contributed by atoms with Gasteiger partial charge in [-0.2, -0.15) is 0 Å². The van der Waals surface area contributed by atoms with Crippen molar-refractivity contribution in [1.82, 2.24) is 5.32 Å². The van der Waals surface area contributed by atoms with Gasteiger partial charge < -0.3 is 19.6 Å². The van der Waals surface area contributed by atoms with Crippen LogP contribution in [0.15, 0.2) is 16.5 Å². The third-order valence-electron chi connectivity index (χ3n) is 2.64. The summed E-state index contributed by atoms with van der Waals surface area (Å²) in [7, 11) is 1.64. The van der Waals surface area contributed by atoms with Gasteiger partial charge in [-0.1, -0.05) is 20.8 Å². The van der Waals surface area contributed by atoms with Crippen molar-refractivity contribution in [2.24, 2.45) is 5.41 Å². The van der Waals surface area contributed by atoms with E-state index in [-0.39, 0.29) is 11.5 Å². The van der Waals surface area contributed by atoms with E-state index in [1.54, 1.807) is 7.11 Å². The van der Waals surface area contributed by atoms with Crippen molar-refractivity contribution in [2.75, 3.05) is 13.7 Å². The minimum atomic E-state index is -0.365. The lowest BCUT2D eigenvalue weighted by molar-refractivity contribution is 0.0623. The number of rotatable bonds is 6. The van der Waals surface area contributed by atoms with Gasteiger partial charge in [0.1, 0.15) is 18.1 Å². The highest BCUT2D eigenvalue weighted by Crippen LogP contribution is 2.18. The first-order valence-electron chi connectivity index (χ1n) is 5.89. The van der Waals surface area contributed by atoms with Crippen LogP contribution in [0.2, 0.25) is 0 Å². The first kappa shape index (κ1) is 14.2. The van der Waals surface area contributed by atoms with Crippen molar-refractivity contribution in [1.29, 1.82) is 0 Å². The molecule has 4 heteroatoms. The van der Waals surface area contributed by atoms with Crippen molar-refractivity contribution in [3.63, 3.8) is 0 Å². The molecular weight excluding hydrogens is 218 g/mol. The Hall–Kier alpha value is -0.840. The number of furan rings is 1. The summed E-state index contributed by atoms with van der Waals surface area (Å²) >= 11 is 0. The van der Waals surface area contributed by atoms with Gasteiger partial charge >= 0.3 is 0 Å². The number of ether oxygens (including phenoxy) is 1. The molecule has 1 heterocycles. The minimum Gasteiger partial charge on any atom is -0.462 e. The predicted molar refractivity (Wildman–Crippen MR) is 66.6 cm³/mol. The van der Waals surface area contributed by atoms with Crippen LogP contribution in [-0.2, 0) is 17.9 Å². The number of aliphatic hydroxyl groups is 1. The predicted octanol–water partition coefficient (Wildman–Crippen LogP) is 1.92. The van der Waals surface area contributed by atoms with Gasteiger partial charge in [0, 0.05) is 13.7 Å². The maximum Gasteiger partial charge on any atom is 0.129 e. The summed E-state index contributed by atoms with van der Waals surface area (Å²) in [5.41, 5.74) is -0.0998. The van der Waals surface area contributed by atoms with Crippen LogP contribution in [0.4, 0.5) is 0 Å². The van der Waals surface area contributed by atoms with Crippen molar-refractivity contribution in [2.45, 2.75) is 40.0 Å². The van der Waals surface area contributed by atoms with E-state index >= 15 is 0 Å². The van der Waals surface area contributed by atoms with Crippen molar-refractivity contribution >= 4 is 0 Å². The Labute approximate surface area is 103 Å². The quantitative estimate of drug-likeness (QED) is 0.799. The zero-order valence-corrected chi connectivity index (χ0v) is 11.1. The highest BCUT2D eigenvalue weighted by atomic mass is 16.5. The average molecular weight is 241 g/mol. The van der Waals surface area contributed by atoms with Crippen LogP contribution in [0.1, 0.15) is 32.3 Å². The van der Waals surface area contributed by atoms with Crippen LogP contribution in [-0.4, -0.2) is 24.9 Å². The van der Waals surface area contributed by atoms with Gasteiger partial charge in [0.2, 0.25) is 0 Å². The number of nitrogens with one attached hydrogen (secondary N) is 1. The van der Waals surface area contributed by atoms with E-state index in [4.69, 9.17) is 9.15 Å². The Bertz CT molecular complexity index is 328. The molecule has 1 unspecified atom stereocenters. The Kier molecular flexibility index (Phi) is 5.18. The van der Waals surface area contributed by atoms with E-state index in [0.717, 1.165) is 11.5 Å². The number of hydrogen-bond donors (Lipinski definition) is 2. The van der Waals surface area contributed by atoms with E-state index in [0.29, 0.717) is 19.7 Å². The molecule has 0 radical (unpaired) electrons. The van der Waals surface area contributed by atoms with Gasteiger partial charge in [0.15, 0.2) is 0 Å². The Balaban J connectivity index is 2.30.